The third-order valence-electron chi connectivity index (χ3n) is 2.84. The van der Waals surface area contributed by atoms with E-state index in [4.69, 9.17) is 14.3 Å². The van der Waals surface area contributed by atoms with Gasteiger partial charge in [-0.05, 0) is 19.1 Å². The number of aryl methyl sites for hydroxylation is 1. The maximum atomic E-state index is 12.3. The molecule has 0 aliphatic rings. The number of carbonyl (C=O) groups is 1. The molecule has 2 rings (SSSR count). The Morgan fingerprint density at radius 1 is 1.36 bits per heavy atom. The SMILES string of the molecule is COc1cccc(NS(=O)(=O)c2cc(C(=O)O)oc2C)c1O. The molecule has 0 fully saturated rings. The Kier molecular flexibility index (Phi) is 4.00. The predicted octanol–water partition coefficient (Wildman–Crippen LogP) is 1.80. The minimum atomic E-state index is -4.13. The first-order chi connectivity index (χ1) is 10.3. The van der Waals surface area contributed by atoms with E-state index in [0.29, 0.717) is 0 Å². The van der Waals surface area contributed by atoms with Gasteiger partial charge in [0.25, 0.3) is 10.0 Å². The minimum Gasteiger partial charge on any atom is -0.503 e. The lowest BCUT2D eigenvalue weighted by atomic mass is 10.3. The normalized spacial score (nSPS) is 11.2. The molecule has 118 valence electrons. The van der Waals surface area contributed by atoms with Crippen molar-refractivity contribution in [2.75, 3.05) is 11.8 Å². The zero-order valence-corrected chi connectivity index (χ0v) is 12.5. The number of ether oxygens (including phenoxy) is 1. The van der Waals surface area contributed by atoms with Gasteiger partial charge in [-0.1, -0.05) is 6.07 Å². The number of nitrogens with one attached hydrogen (secondary N) is 1. The Hall–Kier alpha value is -2.68. The van der Waals surface area contributed by atoms with Crippen LogP contribution >= 0.6 is 0 Å². The first-order valence-electron chi connectivity index (χ1n) is 5.98. The number of aromatic carboxylic acids is 1. The van der Waals surface area contributed by atoms with Crippen molar-refractivity contribution in [2.45, 2.75) is 11.8 Å². The van der Waals surface area contributed by atoms with Crippen molar-refractivity contribution in [1.82, 2.24) is 0 Å². The van der Waals surface area contributed by atoms with E-state index in [9.17, 15) is 18.3 Å². The quantitative estimate of drug-likeness (QED) is 0.715. The Labute approximate surface area is 126 Å². The zero-order chi connectivity index (χ0) is 16.5. The second kappa shape index (κ2) is 5.60. The number of carboxylic acids is 1. The van der Waals surface area contributed by atoms with E-state index >= 15 is 0 Å². The lowest BCUT2D eigenvalue weighted by molar-refractivity contribution is 0.0661. The van der Waals surface area contributed by atoms with Crippen LogP contribution in [0.1, 0.15) is 16.3 Å². The van der Waals surface area contributed by atoms with E-state index in [1.54, 1.807) is 0 Å². The summed E-state index contributed by atoms with van der Waals surface area (Å²) in [5, 5.41) is 18.7. The summed E-state index contributed by atoms with van der Waals surface area (Å²) in [6.45, 7) is 1.33. The molecule has 9 heteroatoms. The van der Waals surface area contributed by atoms with Crippen molar-refractivity contribution in [1.29, 1.82) is 0 Å². The number of hydrogen-bond donors (Lipinski definition) is 3. The summed E-state index contributed by atoms with van der Waals surface area (Å²) in [7, 11) is -2.80. The van der Waals surface area contributed by atoms with Crippen LogP contribution in [0.15, 0.2) is 33.6 Å². The summed E-state index contributed by atoms with van der Waals surface area (Å²) in [6, 6.07) is 5.18. The number of anilines is 1. The van der Waals surface area contributed by atoms with Crippen molar-refractivity contribution < 1.29 is 32.6 Å². The molecule has 0 spiro atoms. The van der Waals surface area contributed by atoms with E-state index in [1.807, 2.05) is 0 Å². The highest BCUT2D eigenvalue weighted by molar-refractivity contribution is 7.92. The highest BCUT2D eigenvalue weighted by atomic mass is 32.2. The van der Waals surface area contributed by atoms with Crippen LogP contribution in [0.5, 0.6) is 11.5 Å². The van der Waals surface area contributed by atoms with Crippen LogP contribution in [0, 0.1) is 6.92 Å². The number of hydrogen-bond acceptors (Lipinski definition) is 6. The van der Waals surface area contributed by atoms with Gasteiger partial charge in [-0.3, -0.25) is 4.72 Å². The van der Waals surface area contributed by atoms with Crippen molar-refractivity contribution >= 4 is 21.7 Å². The number of aromatic hydroxyl groups is 1. The lowest BCUT2D eigenvalue weighted by Gasteiger charge is -2.11. The van der Waals surface area contributed by atoms with E-state index in [2.05, 4.69) is 4.72 Å². The molecule has 0 radical (unpaired) electrons. The van der Waals surface area contributed by atoms with Gasteiger partial charge in [0.05, 0.1) is 12.8 Å². The van der Waals surface area contributed by atoms with Crippen molar-refractivity contribution in [3.05, 3.63) is 35.8 Å². The molecule has 3 N–H and O–H groups in total. The minimum absolute atomic E-state index is 0.0766. The molecule has 0 saturated carbocycles. The molecule has 0 amide bonds. The second-order valence-electron chi connectivity index (χ2n) is 4.30. The van der Waals surface area contributed by atoms with Crippen molar-refractivity contribution in [3.8, 4) is 11.5 Å². The van der Waals surface area contributed by atoms with Gasteiger partial charge in [0.15, 0.2) is 11.5 Å². The number of carboxylic acid groups (broad SMARTS) is 1. The fourth-order valence-electron chi connectivity index (χ4n) is 1.81. The van der Waals surface area contributed by atoms with Crippen molar-refractivity contribution in [3.63, 3.8) is 0 Å². The fourth-order valence-corrected chi connectivity index (χ4v) is 3.05. The predicted molar refractivity (Wildman–Crippen MR) is 75.9 cm³/mol. The Balaban J connectivity index is 2.42. The van der Waals surface area contributed by atoms with Gasteiger partial charge in [-0.2, -0.15) is 0 Å². The number of rotatable bonds is 5. The van der Waals surface area contributed by atoms with Gasteiger partial charge >= 0.3 is 5.97 Å². The molecule has 1 aromatic carbocycles. The van der Waals surface area contributed by atoms with Gasteiger partial charge in [0.1, 0.15) is 10.7 Å². The fraction of sp³-hybridized carbons (Fsp3) is 0.154. The van der Waals surface area contributed by atoms with E-state index in [0.717, 1.165) is 6.07 Å². The lowest BCUT2D eigenvalue weighted by Crippen LogP contribution is -2.13. The van der Waals surface area contributed by atoms with Gasteiger partial charge in [0.2, 0.25) is 5.76 Å². The van der Waals surface area contributed by atoms with Gasteiger partial charge < -0.3 is 19.4 Å². The molecule has 0 saturated heterocycles. The molecule has 0 bridgehead atoms. The third-order valence-corrected chi connectivity index (χ3v) is 4.31. The van der Waals surface area contributed by atoms with Gasteiger partial charge in [-0.15, -0.1) is 0 Å². The second-order valence-corrected chi connectivity index (χ2v) is 5.95. The molecule has 1 aromatic heterocycles. The highest BCUT2D eigenvalue weighted by Crippen LogP contribution is 2.35. The molecule has 0 aliphatic heterocycles. The average molecular weight is 327 g/mol. The molecule has 2 aromatic rings. The molecular weight excluding hydrogens is 314 g/mol. The monoisotopic (exact) mass is 327 g/mol. The molecule has 8 nitrogen and oxygen atoms in total. The number of phenols is 1. The molecule has 0 atom stereocenters. The van der Waals surface area contributed by atoms with E-state index in [1.165, 1.54) is 32.2 Å². The summed E-state index contributed by atoms with van der Waals surface area (Å²) in [6.07, 6.45) is 0. The van der Waals surface area contributed by atoms with Crippen molar-refractivity contribution in [2.24, 2.45) is 0 Å². The van der Waals surface area contributed by atoms with Crippen LogP contribution in [-0.4, -0.2) is 31.7 Å². The zero-order valence-electron chi connectivity index (χ0n) is 11.7. The number of phenolic OH excluding ortho intramolecular Hbond substituents is 1. The largest absolute Gasteiger partial charge is 0.503 e. The Morgan fingerprint density at radius 3 is 2.59 bits per heavy atom. The Bertz CT molecular complexity index is 823. The molecular formula is C13H13NO7S. The first kappa shape index (κ1) is 15.7. The van der Waals surface area contributed by atoms with Gasteiger partial charge in [-0.25, -0.2) is 13.2 Å². The third kappa shape index (κ3) is 2.84. The molecule has 1 heterocycles. The average Bonchev–Trinajstić information content (AvgIpc) is 2.84. The summed E-state index contributed by atoms with van der Waals surface area (Å²) >= 11 is 0. The maximum absolute atomic E-state index is 12.3. The standard InChI is InChI=1S/C13H13NO7S/c1-7-11(6-10(21-7)13(16)17)22(18,19)14-8-4-3-5-9(20-2)12(8)15/h3-6,14-15H,1-2H3,(H,16,17). The van der Waals surface area contributed by atoms with E-state index in [-0.39, 0.29) is 27.8 Å². The topological polar surface area (TPSA) is 126 Å². The highest BCUT2D eigenvalue weighted by Gasteiger charge is 2.25. The van der Waals surface area contributed by atoms with Crippen LogP contribution in [0.2, 0.25) is 0 Å². The molecule has 0 aliphatic carbocycles. The molecule has 22 heavy (non-hydrogen) atoms. The Morgan fingerprint density at radius 2 is 2.05 bits per heavy atom. The van der Waals surface area contributed by atoms with Crippen LogP contribution in [0.25, 0.3) is 0 Å². The maximum Gasteiger partial charge on any atom is 0.371 e. The summed E-state index contributed by atoms with van der Waals surface area (Å²) in [5.74, 6) is -2.24. The number of furan rings is 1. The van der Waals surface area contributed by atoms with Crippen LogP contribution < -0.4 is 9.46 Å². The summed E-state index contributed by atoms with van der Waals surface area (Å²) in [4.78, 5) is 10.5. The smallest absolute Gasteiger partial charge is 0.371 e. The number of methoxy groups -OCH3 is 1. The van der Waals surface area contributed by atoms with Crippen LogP contribution in [0.3, 0.4) is 0 Å². The van der Waals surface area contributed by atoms with E-state index < -0.39 is 21.8 Å². The van der Waals surface area contributed by atoms with Crippen LogP contribution in [-0.2, 0) is 10.0 Å². The number of benzene rings is 1. The van der Waals surface area contributed by atoms with Gasteiger partial charge in [0, 0.05) is 6.07 Å². The summed E-state index contributed by atoms with van der Waals surface area (Å²) in [5.41, 5.74) is -0.100. The molecule has 0 unspecified atom stereocenters. The number of para-hydroxylation sites is 1. The first-order valence-corrected chi connectivity index (χ1v) is 7.47. The summed E-state index contributed by atoms with van der Waals surface area (Å²) < 4.78 is 36.5. The number of sulfonamides is 1. The van der Waals surface area contributed by atoms with Crippen LogP contribution in [0.4, 0.5) is 5.69 Å².